The molecular formula is C29H21BrN2O4S. The molecule has 0 bridgehead atoms. The average Bonchev–Trinajstić information content (AvgIpc) is 3.35. The highest BCUT2D eigenvalue weighted by Gasteiger charge is 2.24. The summed E-state index contributed by atoms with van der Waals surface area (Å²) in [6, 6.07) is 24.4. The van der Waals surface area contributed by atoms with Gasteiger partial charge in [0, 0.05) is 26.4 Å². The van der Waals surface area contributed by atoms with Crippen LogP contribution in [0, 0.1) is 0 Å². The minimum absolute atomic E-state index is 0.314. The second kappa shape index (κ2) is 10.5. The zero-order valence-electron chi connectivity index (χ0n) is 19.9. The van der Waals surface area contributed by atoms with Crippen molar-refractivity contribution in [3.8, 4) is 28.1 Å². The first-order valence-corrected chi connectivity index (χ1v) is 13.0. The summed E-state index contributed by atoms with van der Waals surface area (Å²) >= 11 is 4.71. The normalized spacial score (nSPS) is 10.8. The van der Waals surface area contributed by atoms with E-state index in [0.717, 1.165) is 15.6 Å². The smallest absolute Gasteiger partial charge is 0.341 e. The number of thiophene rings is 1. The second-order valence-corrected chi connectivity index (χ2v) is 9.91. The van der Waals surface area contributed by atoms with Crippen LogP contribution in [0.25, 0.3) is 33.3 Å². The first kappa shape index (κ1) is 24.7. The number of ether oxygens (including phenoxy) is 2. The Morgan fingerprint density at radius 1 is 0.919 bits per heavy atom. The van der Waals surface area contributed by atoms with Crippen molar-refractivity contribution in [2.75, 3.05) is 19.5 Å². The maximum absolute atomic E-state index is 13.7. The molecule has 8 heteroatoms. The number of carbonyl (C=O) groups is 2. The number of para-hydroxylation sites is 1. The predicted molar refractivity (Wildman–Crippen MR) is 150 cm³/mol. The molecule has 0 saturated carbocycles. The first-order chi connectivity index (χ1) is 18.0. The quantitative estimate of drug-likeness (QED) is 0.214. The Labute approximate surface area is 226 Å². The second-order valence-electron chi connectivity index (χ2n) is 8.11. The van der Waals surface area contributed by atoms with Crippen LogP contribution in [0.4, 0.5) is 5.00 Å². The van der Waals surface area contributed by atoms with Gasteiger partial charge in [0.05, 0.1) is 31.0 Å². The molecule has 3 aromatic carbocycles. The topological polar surface area (TPSA) is 77.5 Å². The van der Waals surface area contributed by atoms with Crippen LogP contribution in [0.3, 0.4) is 0 Å². The number of hydrogen-bond acceptors (Lipinski definition) is 6. The summed E-state index contributed by atoms with van der Waals surface area (Å²) in [6.45, 7) is 0. The van der Waals surface area contributed by atoms with Crippen molar-refractivity contribution in [1.29, 1.82) is 0 Å². The van der Waals surface area contributed by atoms with E-state index in [-0.39, 0.29) is 5.91 Å². The summed E-state index contributed by atoms with van der Waals surface area (Å²) in [5.74, 6) is -0.177. The Kier molecular flexibility index (Phi) is 7.03. The Bertz CT molecular complexity index is 1630. The fraction of sp³-hybridized carbons (Fsp3) is 0.0690. The molecule has 2 heterocycles. The van der Waals surface area contributed by atoms with Gasteiger partial charge in [0.2, 0.25) is 0 Å². The van der Waals surface area contributed by atoms with Crippen LogP contribution in [0.5, 0.6) is 5.75 Å². The molecule has 0 aliphatic heterocycles. The van der Waals surface area contributed by atoms with Crippen molar-refractivity contribution in [3.05, 3.63) is 99.8 Å². The van der Waals surface area contributed by atoms with Gasteiger partial charge in [0.25, 0.3) is 5.91 Å². The molecule has 0 fully saturated rings. The summed E-state index contributed by atoms with van der Waals surface area (Å²) < 4.78 is 11.3. The fourth-order valence-corrected chi connectivity index (χ4v) is 5.28. The number of rotatable bonds is 6. The highest BCUT2D eigenvalue weighted by Crippen LogP contribution is 2.37. The number of halogens is 1. The largest absolute Gasteiger partial charge is 0.497 e. The number of amides is 1. The molecule has 0 aliphatic carbocycles. The lowest BCUT2D eigenvalue weighted by molar-refractivity contribution is 0.0603. The number of aromatic nitrogens is 1. The molecule has 6 nitrogen and oxygen atoms in total. The van der Waals surface area contributed by atoms with E-state index < -0.39 is 5.97 Å². The number of anilines is 1. The molecule has 5 rings (SSSR count). The molecule has 5 aromatic rings. The number of carbonyl (C=O) groups excluding carboxylic acids is 2. The van der Waals surface area contributed by atoms with Gasteiger partial charge >= 0.3 is 5.97 Å². The molecular weight excluding hydrogens is 552 g/mol. The van der Waals surface area contributed by atoms with Crippen molar-refractivity contribution in [2.24, 2.45) is 0 Å². The molecule has 1 N–H and O–H groups in total. The first-order valence-electron chi connectivity index (χ1n) is 11.3. The minimum Gasteiger partial charge on any atom is -0.497 e. The third-order valence-corrected chi connectivity index (χ3v) is 7.31. The van der Waals surface area contributed by atoms with E-state index >= 15 is 0 Å². The van der Waals surface area contributed by atoms with Crippen molar-refractivity contribution in [1.82, 2.24) is 4.98 Å². The summed E-state index contributed by atoms with van der Waals surface area (Å²) in [7, 11) is 2.93. The van der Waals surface area contributed by atoms with Crippen molar-refractivity contribution >= 4 is 55.0 Å². The van der Waals surface area contributed by atoms with Gasteiger partial charge in [-0.15, -0.1) is 11.3 Å². The molecule has 184 valence electrons. The molecule has 0 spiro atoms. The van der Waals surface area contributed by atoms with E-state index in [1.54, 1.807) is 13.2 Å². The van der Waals surface area contributed by atoms with Crippen LogP contribution in [-0.4, -0.2) is 31.1 Å². The van der Waals surface area contributed by atoms with Crippen LogP contribution < -0.4 is 10.1 Å². The zero-order chi connectivity index (χ0) is 25.9. The van der Waals surface area contributed by atoms with Crippen LogP contribution in [0.1, 0.15) is 20.7 Å². The van der Waals surface area contributed by atoms with E-state index in [0.29, 0.717) is 44.0 Å². The average molecular weight is 573 g/mol. The van der Waals surface area contributed by atoms with Gasteiger partial charge in [-0.25, -0.2) is 9.78 Å². The number of methoxy groups -OCH3 is 2. The SMILES string of the molecule is COC(=O)c1c(-c2ccc(Br)cc2)csc1NC(=O)c1cc(-c2cccc(OC)c2)nc2ccccc12. The predicted octanol–water partition coefficient (Wildman–Crippen LogP) is 7.44. The summed E-state index contributed by atoms with van der Waals surface area (Å²) in [4.78, 5) is 31.2. The number of pyridine rings is 1. The van der Waals surface area contributed by atoms with Gasteiger partial charge in [-0.2, -0.15) is 0 Å². The monoisotopic (exact) mass is 572 g/mol. The van der Waals surface area contributed by atoms with E-state index in [2.05, 4.69) is 21.2 Å². The molecule has 2 aromatic heterocycles. The number of esters is 1. The van der Waals surface area contributed by atoms with Crippen molar-refractivity contribution < 1.29 is 19.1 Å². The number of nitrogens with one attached hydrogen (secondary N) is 1. The van der Waals surface area contributed by atoms with Gasteiger partial charge in [0.1, 0.15) is 16.3 Å². The van der Waals surface area contributed by atoms with Crippen molar-refractivity contribution in [3.63, 3.8) is 0 Å². The third-order valence-electron chi connectivity index (χ3n) is 5.89. The number of hydrogen-bond donors (Lipinski definition) is 1. The fourth-order valence-electron chi connectivity index (χ4n) is 4.06. The Hall–Kier alpha value is -4.01. The Morgan fingerprint density at radius 3 is 2.46 bits per heavy atom. The van der Waals surface area contributed by atoms with Crippen LogP contribution in [-0.2, 0) is 4.74 Å². The third kappa shape index (κ3) is 4.98. The van der Waals surface area contributed by atoms with E-state index in [9.17, 15) is 9.59 Å². The molecule has 0 saturated heterocycles. The highest BCUT2D eigenvalue weighted by molar-refractivity contribution is 9.10. The maximum Gasteiger partial charge on any atom is 0.341 e. The van der Waals surface area contributed by atoms with Crippen LogP contribution in [0.2, 0.25) is 0 Å². The Balaban J connectivity index is 1.58. The van der Waals surface area contributed by atoms with E-state index in [1.807, 2.05) is 78.2 Å². The van der Waals surface area contributed by atoms with Gasteiger partial charge < -0.3 is 14.8 Å². The lowest BCUT2D eigenvalue weighted by Crippen LogP contribution is -2.15. The summed E-state index contributed by atoms with van der Waals surface area (Å²) in [6.07, 6.45) is 0. The maximum atomic E-state index is 13.7. The summed E-state index contributed by atoms with van der Waals surface area (Å²) in [5.41, 5.74) is 4.43. The molecule has 0 radical (unpaired) electrons. The van der Waals surface area contributed by atoms with E-state index in [4.69, 9.17) is 14.5 Å². The van der Waals surface area contributed by atoms with Crippen molar-refractivity contribution in [2.45, 2.75) is 0 Å². The standard InChI is InChI=1S/C29H21BrN2O4S/c1-35-20-7-5-6-18(14-20)25-15-22(21-8-3-4-9-24(21)31-25)27(33)32-28-26(29(34)36-2)23(16-37-28)17-10-12-19(30)13-11-17/h3-16H,1-2H3,(H,32,33). The minimum atomic E-state index is -0.522. The molecule has 0 atom stereocenters. The number of nitrogens with zero attached hydrogens (tertiary/aromatic N) is 1. The molecule has 37 heavy (non-hydrogen) atoms. The van der Waals surface area contributed by atoms with Crippen LogP contribution in [0.15, 0.2) is 88.7 Å². The van der Waals surface area contributed by atoms with Crippen LogP contribution >= 0.6 is 27.3 Å². The Morgan fingerprint density at radius 2 is 1.70 bits per heavy atom. The molecule has 1 amide bonds. The van der Waals surface area contributed by atoms with Gasteiger partial charge in [-0.3, -0.25) is 4.79 Å². The molecule has 0 unspecified atom stereocenters. The molecule has 0 aliphatic rings. The number of fused-ring (bicyclic) bond motifs is 1. The highest BCUT2D eigenvalue weighted by atomic mass is 79.9. The van der Waals surface area contributed by atoms with E-state index in [1.165, 1.54) is 18.4 Å². The zero-order valence-corrected chi connectivity index (χ0v) is 22.4. The van der Waals surface area contributed by atoms with Gasteiger partial charge in [-0.1, -0.05) is 58.4 Å². The van der Waals surface area contributed by atoms with Gasteiger partial charge in [0.15, 0.2) is 0 Å². The number of benzene rings is 3. The lowest BCUT2D eigenvalue weighted by atomic mass is 10.0. The summed E-state index contributed by atoms with van der Waals surface area (Å²) in [5, 5.41) is 5.92. The lowest BCUT2D eigenvalue weighted by Gasteiger charge is -2.12. The van der Waals surface area contributed by atoms with Gasteiger partial charge in [-0.05, 0) is 42.0 Å².